The lowest BCUT2D eigenvalue weighted by Gasteiger charge is -2.15. The first-order valence-corrected chi connectivity index (χ1v) is 10.6. The topological polar surface area (TPSA) is 93.0 Å². The van der Waals surface area contributed by atoms with Gasteiger partial charge in [0.25, 0.3) is 5.91 Å². The number of halogens is 1. The van der Waals surface area contributed by atoms with E-state index >= 15 is 0 Å². The summed E-state index contributed by atoms with van der Waals surface area (Å²) in [5, 5.41) is 0. The van der Waals surface area contributed by atoms with Gasteiger partial charge in [-0.05, 0) is 59.7 Å². The summed E-state index contributed by atoms with van der Waals surface area (Å²) in [4.78, 5) is 26.9. The van der Waals surface area contributed by atoms with Gasteiger partial charge >= 0.3 is 5.91 Å². The Labute approximate surface area is 185 Å². The van der Waals surface area contributed by atoms with E-state index in [-0.39, 0.29) is 5.76 Å². The highest BCUT2D eigenvalue weighted by molar-refractivity contribution is 9.10. The Morgan fingerprint density at radius 2 is 1.80 bits per heavy atom. The summed E-state index contributed by atoms with van der Waals surface area (Å²) in [5.74, 6) is 0.714. The van der Waals surface area contributed by atoms with Crippen LogP contribution in [0.1, 0.15) is 53.9 Å². The van der Waals surface area contributed by atoms with Crippen molar-refractivity contribution in [2.75, 3.05) is 26.8 Å². The molecule has 164 valence electrons. The van der Waals surface area contributed by atoms with Crippen LogP contribution in [0, 0.1) is 0 Å². The Hall–Kier alpha value is -2.52. The van der Waals surface area contributed by atoms with Crippen LogP contribution in [0.25, 0.3) is 0 Å². The number of hydrogen-bond donors (Lipinski definition) is 2. The molecule has 8 nitrogen and oxygen atoms in total. The first kappa shape index (κ1) is 23.8. The maximum Gasteiger partial charge on any atom is 0.305 e. The largest absolute Gasteiger partial charge is 0.493 e. The Morgan fingerprint density at radius 1 is 1.10 bits per heavy atom. The number of rotatable bonds is 10. The molecule has 1 heterocycles. The zero-order valence-electron chi connectivity index (χ0n) is 17.7. The van der Waals surface area contributed by atoms with E-state index in [0.29, 0.717) is 40.4 Å². The van der Waals surface area contributed by atoms with Crippen LogP contribution in [0.2, 0.25) is 0 Å². The molecule has 1 aromatic carbocycles. The number of amides is 2. The zero-order chi connectivity index (χ0) is 22.1. The SMILES string of the molecule is CCCOc1c(Br)cc(C(=O)NNC(=O)c2ccc(CN(CC)CC)o2)cc1OC. The van der Waals surface area contributed by atoms with Crippen LogP contribution in [-0.4, -0.2) is 43.5 Å². The lowest BCUT2D eigenvalue weighted by Crippen LogP contribution is -2.41. The minimum atomic E-state index is -0.539. The Kier molecular flexibility index (Phi) is 9.19. The van der Waals surface area contributed by atoms with Crippen molar-refractivity contribution in [2.45, 2.75) is 33.7 Å². The van der Waals surface area contributed by atoms with Crippen LogP contribution < -0.4 is 20.3 Å². The van der Waals surface area contributed by atoms with Crippen LogP contribution in [0.3, 0.4) is 0 Å². The van der Waals surface area contributed by atoms with Crippen molar-refractivity contribution >= 4 is 27.7 Å². The van der Waals surface area contributed by atoms with Gasteiger partial charge in [-0.1, -0.05) is 20.8 Å². The summed E-state index contributed by atoms with van der Waals surface area (Å²) >= 11 is 3.40. The van der Waals surface area contributed by atoms with Crippen LogP contribution in [-0.2, 0) is 6.54 Å². The molecule has 2 amide bonds. The number of ether oxygens (including phenoxy) is 2. The number of nitrogens with zero attached hydrogens (tertiary/aromatic N) is 1. The van der Waals surface area contributed by atoms with Crippen molar-refractivity contribution in [1.82, 2.24) is 15.8 Å². The zero-order valence-corrected chi connectivity index (χ0v) is 19.3. The first-order chi connectivity index (χ1) is 14.4. The first-order valence-electron chi connectivity index (χ1n) is 9.85. The molecule has 0 spiro atoms. The standard InChI is InChI=1S/C21H28BrN3O5/c1-5-10-29-19-16(22)11-14(12-18(19)28-4)20(26)23-24-21(27)17-9-8-15(30-17)13-25(6-2)7-3/h8-9,11-12H,5-7,10,13H2,1-4H3,(H,23,26)(H,24,27). The van der Waals surface area contributed by atoms with E-state index in [2.05, 4.69) is 45.5 Å². The molecule has 0 unspecified atom stereocenters. The van der Waals surface area contributed by atoms with Crippen molar-refractivity contribution in [1.29, 1.82) is 0 Å². The lowest BCUT2D eigenvalue weighted by molar-refractivity contribution is 0.0828. The summed E-state index contributed by atoms with van der Waals surface area (Å²) in [6, 6.07) is 6.49. The molecule has 30 heavy (non-hydrogen) atoms. The van der Waals surface area contributed by atoms with E-state index in [1.165, 1.54) is 7.11 Å². The monoisotopic (exact) mass is 481 g/mol. The van der Waals surface area contributed by atoms with Crippen LogP contribution in [0.5, 0.6) is 11.5 Å². The third-order valence-corrected chi connectivity index (χ3v) is 4.98. The maximum atomic E-state index is 12.5. The van der Waals surface area contributed by atoms with Crippen molar-refractivity contribution in [3.8, 4) is 11.5 Å². The summed E-state index contributed by atoms with van der Waals surface area (Å²) < 4.78 is 17.1. The third-order valence-electron chi connectivity index (χ3n) is 4.39. The molecule has 2 aromatic rings. The fourth-order valence-corrected chi connectivity index (χ4v) is 3.25. The maximum absolute atomic E-state index is 12.5. The van der Waals surface area contributed by atoms with Gasteiger partial charge < -0.3 is 13.9 Å². The number of furan rings is 1. The van der Waals surface area contributed by atoms with Crippen LogP contribution in [0.4, 0.5) is 0 Å². The van der Waals surface area contributed by atoms with Crippen molar-refractivity contribution in [2.24, 2.45) is 0 Å². The molecule has 0 atom stereocenters. The van der Waals surface area contributed by atoms with Crippen LogP contribution in [0.15, 0.2) is 33.2 Å². The number of carbonyl (C=O) groups is 2. The van der Waals surface area contributed by atoms with Crippen LogP contribution >= 0.6 is 15.9 Å². The minimum absolute atomic E-state index is 0.125. The van der Waals surface area contributed by atoms with Crippen molar-refractivity contribution in [3.63, 3.8) is 0 Å². The summed E-state index contributed by atoms with van der Waals surface area (Å²) in [6.07, 6.45) is 0.841. The number of hydrazine groups is 1. The number of methoxy groups -OCH3 is 1. The molecule has 0 aliphatic heterocycles. The highest BCUT2D eigenvalue weighted by Gasteiger charge is 2.17. The predicted molar refractivity (Wildman–Crippen MR) is 117 cm³/mol. The predicted octanol–water partition coefficient (Wildman–Crippen LogP) is 3.76. The molecule has 0 saturated carbocycles. The van der Waals surface area contributed by atoms with Gasteiger partial charge in [-0.15, -0.1) is 0 Å². The quantitative estimate of drug-likeness (QED) is 0.501. The molecule has 0 aliphatic rings. The average Bonchev–Trinajstić information content (AvgIpc) is 3.22. The molecule has 0 fully saturated rings. The highest BCUT2D eigenvalue weighted by atomic mass is 79.9. The van der Waals surface area contributed by atoms with E-state index in [4.69, 9.17) is 13.9 Å². The minimum Gasteiger partial charge on any atom is -0.493 e. The molecular weight excluding hydrogens is 454 g/mol. The van der Waals surface area contributed by atoms with Gasteiger partial charge in [0.15, 0.2) is 17.3 Å². The smallest absolute Gasteiger partial charge is 0.305 e. The van der Waals surface area contributed by atoms with E-state index in [1.54, 1.807) is 24.3 Å². The fraction of sp³-hybridized carbons (Fsp3) is 0.429. The molecular formula is C21H28BrN3O5. The Bertz CT molecular complexity index is 864. The summed E-state index contributed by atoms with van der Waals surface area (Å²) in [6.45, 7) is 9.03. The molecule has 9 heteroatoms. The number of nitrogens with one attached hydrogen (secondary N) is 2. The van der Waals surface area contributed by atoms with Crippen molar-refractivity contribution in [3.05, 3.63) is 45.8 Å². The fourth-order valence-electron chi connectivity index (χ4n) is 2.69. The summed E-state index contributed by atoms with van der Waals surface area (Å²) in [5.41, 5.74) is 5.05. The molecule has 0 radical (unpaired) electrons. The Morgan fingerprint density at radius 3 is 2.43 bits per heavy atom. The van der Waals surface area contributed by atoms with E-state index < -0.39 is 11.8 Å². The average molecular weight is 482 g/mol. The molecule has 0 aliphatic carbocycles. The second-order valence-corrected chi connectivity index (χ2v) is 7.33. The number of benzene rings is 1. The second-order valence-electron chi connectivity index (χ2n) is 6.47. The van der Waals surface area contributed by atoms with Gasteiger partial charge in [0.05, 0.1) is 24.7 Å². The van der Waals surface area contributed by atoms with Gasteiger partial charge in [-0.3, -0.25) is 25.3 Å². The second kappa shape index (κ2) is 11.6. The molecule has 0 saturated heterocycles. The third kappa shape index (κ3) is 6.24. The van der Waals surface area contributed by atoms with Gasteiger partial charge in [0, 0.05) is 5.56 Å². The number of hydrogen-bond acceptors (Lipinski definition) is 6. The van der Waals surface area contributed by atoms with Gasteiger partial charge in [0.1, 0.15) is 5.76 Å². The van der Waals surface area contributed by atoms with Gasteiger partial charge in [0.2, 0.25) is 0 Å². The van der Waals surface area contributed by atoms with Gasteiger partial charge in [-0.2, -0.15) is 0 Å². The molecule has 0 bridgehead atoms. The normalized spacial score (nSPS) is 10.7. The highest BCUT2D eigenvalue weighted by Crippen LogP contribution is 2.36. The molecule has 2 N–H and O–H groups in total. The Balaban J connectivity index is 2.01. The molecule has 2 rings (SSSR count). The molecule has 1 aromatic heterocycles. The summed E-state index contributed by atoms with van der Waals surface area (Å²) in [7, 11) is 1.50. The number of carbonyl (C=O) groups excluding carboxylic acids is 2. The van der Waals surface area contributed by atoms with Gasteiger partial charge in [-0.25, -0.2) is 0 Å². The lowest BCUT2D eigenvalue weighted by atomic mass is 10.2. The van der Waals surface area contributed by atoms with E-state index in [1.807, 2.05) is 6.92 Å². The van der Waals surface area contributed by atoms with E-state index in [9.17, 15) is 9.59 Å². The van der Waals surface area contributed by atoms with Crippen molar-refractivity contribution < 1.29 is 23.5 Å². The van der Waals surface area contributed by atoms with E-state index in [0.717, 1.165) is 19.5 Å².